The average Bonchev–Trinajstić information content (AvgIpc) is 3.31. The minimum atomic E-state index is -3.54. The summed E-state index contributed by atoms with van der Waals surface area (Å²) in [6.07, 6.45) is 2.40. The number of hydrogen-bond acceptors (Lipinski definition) is 4. The van der Waals surface area contributed by atoms with Gasteiger partial charge in [-0.05, 0) is 30.5 Å². The Morgan fingerprint density at radius 3 is 2.67 bits per heavy atom. The molecule has 1 saturated heterocycles. The van der Waals surface area contributed by atoms with Crippen LogP contribution >= 0.6 is 11.6 Å². The summed E-state index contributed by atoms with van der Waals surface area (Å²) in [5.41, 5.74) is 0.943. The molecule has 2 aliphatic rings. The Labute approximate surface area is 130 Å². The molecule has 1 aromatic rings. The molecule has 0 bridgehead atoms. The van der Waals surface area contributed by atoms with E-state index in [1.165, 1.54) is 17.1 Å². The molecule has 0 radical (unpaired) electrons. The van der Waals surface area contributed by atoms with Crippen LogP contribution in [-0.2, 0) is 21.3 Å². The van der Waals surface area contributed by atoms with Gasteiger partial charge in [0.15, 0.2) is 0 Å². The zero-order chi connectivity index (χ0) is 14.9. The lowest BCUT2D eigenvalue weighted by molar-refractivity contribution is 0.0730. The van der Waals surface area contributed by atoms with Crippen LogP contribution < -0.4 is 5.32 Å². The normalized spacial score (nSPS) is 20.6. The van der Waals surface area contributed by atoms with Gasteiger partial charge in [0.2, 0.25) is 10.0 Å². The smallest absolute Gasteiger partial charge is 0.244 e. The van der Waals surface area contributed by atoms with E-state index in [0.29, 0.717) is 38.9 Å². The van der Waals surface area contributed by atoms with Crippen LogP contribution in [-0.4, -0.2) is 45.1 Å². The van der Waals surface area contributed by atoms with Gasteiger partial charge in [-0.15, -0.1) is 0 Å². The summed E-state index contributed by atoms with van der Waals surface area (Å²) in [5.74, 6) is 0. The monoisotopic (exact) mass is 330 g/mol. The Hall–Kier alpha value is -0.660. The topological polar surface area (TPSA) is 58.6 Å². The van der Waals surface area contributed by atoms with Crippen molar-refractivity contribution < 1.29 is 13.2 Å². The van der Waals surface area contributed by atoms with E-state index in [9.17, 15) is 8.42 Å². The Balaban J connectivity index is 1.82. The molecule has 0 atom stereocenters. The second kappa shape index (κ2) is 6.22. The first-order valence-corrected chi connectivity index (χ1v) is 8.99. The standard InChI is InChI=1S/C14H19ClN2O3S/c15-13-4-1-11(10-16-12-2-3-12)9-14(13)21(18,19)17-5-7-20-8-6-17/h1,4,9,12,16H,2-3,5-8,10H2. The first kappa shape index (κ1) is 15.2. The van der Waals surface area contributed by atoms with Gasteiger partial charge in [0.25, 0.3) is 0 Å². The minimum absolute atomic E-state index is 0.196. The predicted octanol–water partition coefficient (Wildman–Crippen LogP) is 1.61. The first-order chi connectivity index (χ1) is 10.1. The van der Waals surface area contributed by atoms with Crippen LogP contribution in [0, 0.1) is 0 Å². The number of nitrogens with zero attached hydrogens (tertiary/aromatic N) is 1. The van der Waals surface area contributed by atoms with Crippen LogP contribution in [0.25, 0.3) is 0 Å². The zero-order valence-electron chi connectivity index (χ0n) is 11.7. The van der Waals surface area contributed by atoms with E-state index in [2.05, 4.69) is 5.32 Å². The van der Waals surface area contributed by atoms with E-state index >= 15 is 0 Å². The summed E-state index contributed by atoms with van der Waals surface area (Å²) in [5, 5.41) is 3.65. The lowest BCUT2D eigenvalue weighted by Gasteiger charge is -2.26. The second-order valence-electron chi connectivity index (χ2n) is 5.44. The fraction of sp³-hybridized carbons (Fsp3) is 0.571. The molecule has 116 valence electrons. The fourth-order valence-corrected chi connectivity index (χ4v) is 4.26. The lowest BCUT2D eigenvalue weighted by atomic mass is 10.2. The van der Waals surface area contributed by atoms with Gasteiger partial charge in [-0.2, -0.15) is 4.31 Å². The molecule has 0 spiro atoms. The maximum atomic E-state index is 12.7. The molecule has 1 aromatic carbocycles. The molecule has 3 rings (SSSR count). The number of morpholine rings is 1. The Morgan fingerprint density at radius 2 is 2.00 bits per heavy atom. The fourth-order valence-electron chi connectivity index (χ4n) is 2.33. The van der Waals surface area contributed by atoms with Gasteiger partial charge in [-0.25, -0.2) is 8.42 Å². The van der Waals surface area contributed by atoms with Crippen LogP contribution in [0.1, 0.15) is 18.4 Å². The van der Waals surface area contributed by atoms with E-state index in [0.717, 1.165) is 5.56 Å². The van der Waals surface area contributed by atoms with Crippen LogP contribution in [0.5, 0.6) is 0 Å². The minimum Gasteiger partial charge on any atom is -0.379 e. The van der Waals surface area contributed by atoms with Gasteiger partial charge < -0.3 is 10.1 Å². The molecule has 1 N–H and O–H groups in total. The van der Waals surface area contributed by atoms with Crippen molar-refractivity contribution in [3.8, 4) is 0 Å². The Morgan fingerprint density at radius 1 is 1.29 bits per heavy atom. The van der Waals surface area contributed by atoms with Crippen molar-refractivity contribution in [2.45, 2.75) is 30.3 Å². The second-order valence-corrected chi connectivity index (χ2v) is 7.75. The van der Waals surface area contributed by atoms with E-state index < -0.39 is 10.0 Å². The van der Waals surface area contributed by atoms with Crippen molar-refractivity contribution in [2.24, 2.45) is 0 Å². The summed E-state index contributed by atoms with van der Waals surface area (Å²) in [6.45, 7) is 2.29. The SMILES string of the molecule is O=S(=O)(c1cc(CNC2CC2)ccc1Cl)N1CCOCC1. The Bertz CT molecular complexity index is 611. The maximum Gasteiger partial charge on any atom is 0.244 e. The predicted molar refractivity (Wildman–Crippen MR) is 80.9 cm³/mol. The molecule has 0 aromatic heterocycles. The molecule has 0 amide bonds. The van der Waals surface area contributed by atoms with Gasteiger partial charge in [-0.3, -0.25) is 0 Å². The molecular formula is C14H19ClN2O3S. The molecular weight excluding hydrogens is 312 g/mol. The first-order valence-electron chi connectivity index (χ1n) is 7.17. The summed E-state index contributed by atoms with van der Waals surface area (Å²) in [6, 6.07) is 5.80. The van der Waals surface area contributed by atoms with E-state index in [-0.39, 0.29) is 9.92 Å². The zero-order valence-corrected chi connectivity index (χ0v) is 13.3. The number of benzene rings is 1. The van der Waals surface area contributed by atoms with E-state index in [4.69, 9.17) is 16.3 Å². The average molecular weight is 331 g/mol. The number of ether oxygens (including phenoxy) is 1. The molecule has 7 heteroatoms. The number of hydrogen-bond donors (Lipinski definition) is 1. The molecule has 0 unspecified atom stereocenters. The van der Waals surface area contributed by atoms with Crippen molar-refractivity contribution in [3.05, 3.63) is 28.8 Å². The van der Waals surface area contributed by atoms with Gasteiger partial charge >= 0.3 is 0 Å². The number of nitrogens with one attached hydrogen (secondary N) is 1. The lowest BCUT2D eigenvalue weighted by Crippen LogP contribution is -2.40. The summed E-state index contributed by atoms with van der Waals surface area (Å²) < 4.78 is 32.0. The summed E-state index contributed by atoms with van der Waals surface area (Å²) in [4.78, 5) is 0.196. The van der Waals surface area contributed by atoms with Crippen LogP contribution in [0.2, 0.25) is 5.02 Å². The highest BCUT2D eigenvalue weighted by atomic mass is 35.5. The third kappa shape index (κ3) is 3.57. The van der Waals surface area contributed by atoms with Crippen molar-refractivity contribution in [1.82, 2.24) is 9.62 Å². The third-order valence-corrected chi connectivity index (χ3v) is 6.14. The number of halogens is 1. The van der Waals surface area contributed by atoms with Crippen molar-refractivity contribution in [3.63, 3.8) is 0 Å². The molecule has 5 nitrogen and oxygen atoms in total. The Kier molecular flexibility index (Phi) is 4.51. The molecule has 21 heavy (non-hydrogen) atoms. The quantitative estimate of drug-likeness (QED) is 0.891. The third-order valence-electron chi connectivity index (χ3n) is 3.76. The molecule has 1 saturated carbocycles. The van der Waals surface area contributed by atoms with Crippen molar-refractivity contribution >= 4 is 21.6 Å². The highest BCUT2D eigenvalue weighted by Crippen LogP contribution is 2.27. The van der Waals surface area contributed by atoms with Gasteiger partial charge in [-0.1, -0.05) is 17.7 Å². The highest BCUT2D eigenvalue weighted by molar-refractivity contribution is 7.89. The molecule has 1 aliphatic carbocycles. The largest absolute Gasteiger partial charge is 0.379 e. The highest BCUT2D eigenvalue weighted by Gasteiger charge is 2.28. The van der Waals surface area contributed by atoms with Gasteiger partial charge in [0.05, 0.1) is 18.2 Å². The molecule has 1 aliphatic heterocycles. The van der Waals surface area contributed by atoms with E-state index in [1.54, 1.807) is 12.1 Å². The van der Waals surface area contributed by atoms with E-state index in [1.807, 2.05) is 6.07 Å². The summed E-state index contributed by atoms with van der Waals surface area (Å²) >= 11 is 6.12. The van der Waals surface area contributed by atoms with Crippen molar-refractivity contribution in [1.29, 1.82) is 0 Å². The maximum absolute atomic E-state index is 12.7. The van der Waals surface area contributed by atoms with Crippen LogP contribution in [0.3, 0.4) is 0 Å². The van der Waals surface area contributed by atoms with Crippen LogP contribution in [0.4, 0.5) is 0 Å². The van der Waals surface area contributed by atoms with Crippen LogP contribution in [0.15, 0.2) is 23.1 Å². The van der Waals surface area contributed by atoms with Crippen molar-refractivity contribution in [2.75, 3.05) is 26.3 Å². The number of rotatable bonds is 5. The van der Waals surface area contributed by atoms with Gasteiger partial charge in [0, 0.05) is 25.7 Å². The summed E-state index contributed by atoms with van der Waals surface area (Å²) in [7, 11) is -3.54. The van der Waals surface area contributed by atoms with Gasteiger partial charge in [0.1, 0.15) is 4.90 Å². The molecule has 1 heterocycles. The number of sulfonamides is 1. The molecule has 2 fully saturated rings.